The van der Waals surface area contributed by atoms with Gasteiger partial charge in [-0.25, -0.2) is 9.38 Å². The summed E-state index contributed by atoms with van der Waals surface area (Å²) in [5, 5.41) is 0. The Morgan fingerprint density at radius 3 is 2.34 bits per heavy atom. The summed E-state index contributed by atoms with van der Waals surface area (Å²) in [6.45, 7) is 6.17. The van der Waals surface area contributed by atoms with Crippen LogP contribution in [0.4, 0.5) is 4.39 Å². The fraction of sp³-hybridized carbons (Fsp3) is 0.300. The van der Waals surface area contributed by atoms with Gasteiger partial charge in [-0.3, -0.25) is 0 Å². The number of ether oxygens (including phenoxy) is 1. The highest BCUT2D eigenvalue weighted by Crippen LogP contribution is 2.33. The Bertz CT molecular complexity index is 1210. The van der Waals surface area contributed by atoms with E-state index in [9.17, 15) is 4.39 Å². The molecule has 0 aromatic heterocycles. The summed E-state index contributed by atoms with van der Waals surface area (Å²) in [4.78, 5) is 9.58. The maximum atomic E-state index is 13.6. The molecule has 4 nitrogen and oxygen atoms in total. The molecule has 0 unspecified atom stereocenters. The molecule has 2 aromatic carbocycles. The number of piperidine rings is 1. The summed E-state index contributed by atoms with van der Waals surface area (Å²) in [5.74, 6) is 1.67. The highest BCUT2D eigenvalue weighted by molar-refractivity contribution is 5.96. The molecule has 0 saturated carbocycles. The first-order valence-corrected chi connectivity index (χ1v) is 12.3. The molecule has 180 valence electrons. The first-order chi connectivity index (χ1) is 17.1. The van der Waals surface area contributed by atoms with E-state index in [4.69, 9.17) is 9.73 Å². The Morgan fingerprint density at radius 1 is 0.971 bits per heavy atom. The highest BCUT2D eigenvalue weighted by atomic mass is 19.1. The van der Waals surface area contributed by atoms with Crippen molar-refractivity contribution in [1.82, 2.24) is 9.80 Å². The van der Waals surface area contributed by atoms with Crippen LogP contribution >= 0.6 is 0 Å². The quantitative estimate of drug-likeness (QED) is 0.505. The molecule has 35 heavy (non-hydrogen) atoms. The Hall–Kier alpha value is -3.44. The van der Waals surface area contributed by atoms with Gasteiger partial charge in [-0.1, -0.05) is 35.9 Å². The molecule has 0 atom stereocenters. The number of hydrogen-bond acceptors (Lipinski definition) is 4. The summed E-state index contributed by atoms with van der Waals surface area (Å²) < 4.78 is 19.0. The molecule has 3 aliphatic heterocycles. The Kier molecular flexibility index (Phi) is 6.96. The van der Waals surface area contributed by atoms with Crippen molar-refractivity contribution >= 4 is 11.4 Å². The zero-order chi connectivity index (χ0) is 24.2. The van der Waals surface area contributed by atoms with Crippen LogP contribution in [-0.2, 0) is 0 Å². The summed E-state index contributed by atoms with van der Waals surface area (Å²) in [6, 6.07) is 15.1. The Labute approximate surface area is 207 Å². The van der Waals surface area contributed by atoms with Crippen LogP contribution in [0.15, 0.2) is 94.8 Å². The number of fused-ring (bicyclic) bond motifs is 1. The van der Waals surface area contributed by atoms with Crippen LogP contribution < -0.4 is 4.74 Å². The molecule has 0 amide bonds. The second-order valence-electron chi connectivity index (χ2n) is 9.29. The molecule has 0 radical (unpaired) electrons. The van der Waals surface area contributed by atoms with Crippen molar-refractivity contribution in [2.24, 2.45) is 4.99 Å². The smallest absolute Gasteiger partial charge is 0.133 e. The lowest BCUT2D eigenvalue weighted by Gasteiger charge is -2.32. The predicted octanol–water partition coefficient (Wildman–Crippen LogP) is 6.19. The van der Waals surface area contributed by atoms with Crippen molar-refractivity contribution < 1.29 is 9.13 Å². The van der Waals surface area contributed by atoms with E-state index in [-0.39, 0.29) is 5.82 Å². The lowest BCUT2D eigenvalue weighted by molar-refractivity contribution is 0.258. The van der Waals surface area contributed by atoms with Crippen molar-refractivity contribution in [2.75, 3.05) is 33.3 Å². The van der Waals surface area contributed by atoms with Gasteiger partial charge >= 0.3 is 0 Å². The maximum absolute atomic E-state index is 13.6. The van der Waals surface area contributed by atoms with Crippen LogP contribution in [0.25, 0.3) is 5.57 Å². The summed E-state index contributed by atoms with van der Waals surface area (Å²) in [5.41, 5.74) is 7.46. The van der Waals surface area contributed by atoms with E-state index in [2.05, 4.69) is 47.2 Å². The van der Waals surface area contributed by atoms with Gasteiger partial charge < -0.3 is 14.5 Å². The van der Waals surface area contributed by atoms with Gasteiger partial charge in [0.05, 0.1) is 7.11 Å². The van der Waals surface area contributed by atoms with Gasteiger partial charge in [0.15, 0.2) is 0 Å². The number of rotatable bonds is 6. The molecule has 5 heteroatoms. The van der Waals surface area contributed by atoms with Crippen LogP contribution in [0.5, 0.6) is 5.75 Å². The minimum atomic E-state index is -0.206. The van der Waals surface area contributed by atoms with E-state index < -0.39 is 0 Å². The number of allylic oxidation sites excluding steroid dienone is 3. The van der Waals surface area contributed by atoms with Crippen molar-refractivity contribution in [3.8, 4) is 5.75 Å². The molecule has 0 N–H and O–H groups in total. The van der Waals surface area contributed by atoms with E-state index in [0.29, 0.717) is 0 Å². The van der Waals surface area contributed by atoms with Crippen LogP contribution in [0.2, 0.25) is 0 Å². The lowest BCUT2D eigenvalue weighted by Crippen LogP contribution is -2.35. The average molecular weight is 470 g/mol. The number of halogens is 1. The molecule has 2 aromatic rings. The van der Waals surface area contributed by atoms with Crippen molar-refractivity contribution in [3.63, 3.8) is 0 Å². The first kappa shape index (κ1) is 23.3. The van der Waals surface area contributed by atoms with Gasteiger partial charge in [0.1, 0.15) is 17.4 Å². The Balaban J connectivity index is 1.29. The zero-order valence-electron chi connectivity index (χ0n) is 20.5. The van der Waals surface area contributed by atoms with E-state index >= 15 is 0 Å². The Morgan fingerprint density at radius 2 is 1.66 bits per heavy atom. The zero-order valence-corrected chi connectivity index (χ0v) is 20.5. The fourth-order valence-corrected chi connectivity index (χ4v) is 5.07. The van der Waals surface area contributed by atoms with Gasteiger partial charge in [-0.2, -0.15) is 0 Å². The van der Waals surface area contributed by atoms with E-state index in [0.717, 1.165) is 73.9 Å². The maximum Gasteiger partial charge on any atom is 0.133 e. The number of amidine groups is 1. The van der Waals surface area contributed by atoms with E-state index in [1.54, 1.807) is 19.2 Å². The number of likely N-dealkylation sites (tertiary alicyclic amines) is 1. The second kappa shape index (κ2) is 10.4. The number of benzene rings is 2. The molecule has 3 heterocycles. The number of nitrogens with zero attached hydrogens (tertiary/aromatic N) is 3. The monoisotopic (exact) mass is 469 g/mol. The normalized spacial score (nSPS) is 18.0. The molecule has 3 aliphatic rings. The molecule has 0 aliphatic carbocycles. The summed E-state index contributed by atoms with van der Waals surface area (Å²) in [6.07, 6.45) is 11.4. The van der Waals surface area contributed by atoms with Gasteiger partial charge in [-0.15, -0.1) is 0 Å². The first-order valence-electron chi connectivity index (χ1n) is 12.3. The van der Waals surface area contributed by atoms with Gasteiger partial charge in [0.2, 0.25) is 0 Å². The van der Waals surface area contributed by atoms with Crippen molar-refractivity contribution in [2.45, 2.75) is 26.2 Å². The molecule has 0 bridgehead atoms. The fourth-order valence-electron chi connectivity index (χ4n) is 5.07. The second-order valence-corrected chi connectivity index (χ2v) is 9.29. The SMILES string of the molecule is COc1ccc(C(=C2CCN(CCC3=C(C)N=C4C=CC=CN4C3)CC2)c2ccc(F)cc2)cc1. The number of methoxy groups -OCH3 is 1. The van der Waals surface area contributed by atoms with Crippen LogP contribution in [0, 0.1) is 5.82 Å². The van der Waals surface area contributed by atoms with Gasteiger partial charge in [0, 0.05) is 38.1 Å². The van der Waals surface area contributed by atoms with Crippen LogP contribution in [0.3, 0.4) is 0 Å². The highest BCUT2D eigenvalue weighted by Gasteiger charge is 2.22. The summed E-state index contributed by atoms with van der Waals surface area (Å²) in [7, 11) is 1.68. The molecular formula is C30H32FN3O. The standard InChI is InChI=1S/C30H32FN3O/c1-22-26(21-34-17-4-3-5-29(34)32-22)16-20-33-18-14-25(15-19-33)30(23-6-10-27(31)11-7-23)24-8-12-28(35-2)13-9-24/h3-13,17H,14-16,18-21H2,1-2H3. The molecule has 1 saturated heterocycles. The van der Waals surface area contributed by atoms with Crippen molar-refractivity contribution in [1.29, 1.82) is 0 Å². The number of aliphatic imine (C=N–C) groups is 1. The van der Waals surface area contributed by atoms with Crippen molar-refractivity contribution in [3.05, 3.63) is 107 Å². The average Bonchev–Trinajstić information content (AvgIpc) is 2.90. The van der Waals surface area contributed by atoms with E-state index in [1.807, 2.05) is 30.3 Å². The van der Waals surface area contributed by atoms with Crippen LogP contribution in [-0.4, -0.2) is 48.9 Å². The summed E-state index contributed by atoms with van der Waals surface area (Å²) >= 11 is 0. The topological polar surface area (TPSA) is 28.1 Å². The predicted molar refractivity (Wildman–Crippen MR) is 141 cm³/mol. The van der Waals surface area contributed by atoms with Crippen LogP contribution in [0.1, 0.15) is 37.3 Å². The minimum absolute atomic E-state index is 0.206. The van der Waals surface area contributed by atoms with E-state index in [1.165, 1.54) is 16.7 Å². The number of hydrogen-bond donors (Lipinski definition) is 0. The molecular weight excluding hydrogens is 437 g/mol. The third kappa shape index (κ3) is 5.30. The minimum Gasteiger partial charge on any atom is -0.497 e. The van der Waals surface area contributed by atoms with Gasteiger partial charge in [-0.05, 0) is 84.9 Å². The molecule has 1 fully saturated rings. The molecule has 0 spiro atoms. The lowest BCUT2D eigenvalue weighted by atomic mass is 9.88. The largest absolute Gasteiger partial charge is 0.497 e. The molecule has 5 rings (SSSR count). The third-order valence-corrected chi connectivity index (χ3v) is 7.13. The third-order valence-electron chi connectivity index (χ3n) is 7.13. The van der Waals surface area contributed by atoms with Gasteiger partial charge in [0.25, 0.3) is 0 Å².